The number of hydrogen-bond acceptors (Lipinski definition) is 4. The summed E-state index contributed by atoms with van der Waals surface area (Å²) >= 11 is 0. The largest absolute Gasteiger partial charge is 0.349 e. The lowest BCUT2D eigenvalue weighted by Crippen LogP contribution is -2.32. The van der Waals surface area contributed by atoms with Gasteiger partial charge in [0.05, 0.1) is 31.0 Å². The molecule has 10 heteroatoms. The topological polar surface area (TPSA) is 66.3 Å². The zero-order valence-corrected chi connectivity index (χ0v) is 18.9. The molecule has 178 valence electrons. The number of fused-ring (bicyclic) bond motifs is 1. The molecule has 0 radical (unpaired) electrons. The van der Waals surface area contributed by atoms with E-state index in [1.807, 2.05) is 24.7 Å². The minimum Gasteiger partial charge on any atom is -0.349 e. The lowest BCUT2D eigenvalue weighted by molar-refractivity contribution is 0.0257. The van der Waals surface area contributed by atoms with E-state index in [9.17, 15) is 18.0 Å². The van der Waals surface area contributed by atoms with Crippen molar-refractivity contribution in [3.8, 4) is 11.1 Å². The van der Waals surface area contributed by atoms with Crippen molar-refractivity contribution in [3.63, 3.8) is 0 Å². The van der Waals surface area contributed by atoms with E-state index in [1.54, 1.807) is 29.2 Å². The summed E-state index contributed by atoms with van der Waals surface area (Å²) in [4.78, 5) is 20.6. The Labute approximate surface area is 195 Å². The maximum absolute atomic E-state index is 14.7. The highest BCUT2D eigenvalue weighted by atomic mass is 19.3. The predicted molar refractivity (Wildman–Crippen MR) is 122 cm³/mol. The van der Waals surface area contributed by atoms with E-state index in [4.69, 9.17) is 0 Å². The SMILES string of the molecule is CC(C)n1cc2c(n1)CN(C(=O)Nc1c(-c3ccccc3F)ccnc1N1CCC(F)(F)C1)C2. The third-order valence-electron chi connectivity index (χ3n) is 6.21. The van der Waals surface area contributed by atoms with Crippen LogP contribution in [0.15, 0.2) is 42.7 Å². The van der Waals surface area contributed by atoms with Crippen molar-refractivity contribution < 1.29 is 18.0 Å². The highest BCUT2D eigenvalue weighted by molar-refractivity contribution is 5.99. The number of urea groups is 1. The quantitative estimate of drug-likeness (QED) is 0.579. The molecule has 1 fully saturated rings. The summed E-state index contributed by atoms with van der Waals surface area (Å²) < 4.78 is 44.5. The van der Waals surface area contributed by atoms with Crippen molar-refractivity contribution >= 4 is 17.5 Å². The van der Waals surface area contributed by atoms with Gasteiger partial charge in [-0.3, -0.25) is 4.68 Å². The molecular formula is C24H25F3N6O. The van der Waals surface area contributed by atoms with Crippen LogP contribution in [0.4, 0.5) is 29.5 Å². The van der Waals surface area contributed by atoms with Gasteiger partial charge < -0.3 is 15.1 Å². The number of pyridine rings is 1. The third-order valence-corrected chi connectivity index (χ3v) is 6.21. The lowest BCUT2D eigenvalue weighted by atomic mass is 10.0. The van der Waals surface area contributed by atoms with E-state index in [0.717, 1.165) is 11.3 Å². The van der Waals surface area contributed by atoms with Crippen molar-refractivity contribution in [3.05, 3.63) is 59.8 Å². The van der Waals surface area contributed by atoms with E-state index in [0.29, 0.717) is 18.7 Å². The standard InChI is InChI=1S/C24H25F3N6O/c1-15(2)33-12-16-11-32(13-20(16)30-33)23(34)29-21-18(17-5-3-4-6-19(17)25)7-9-28-22(21)31-10-8-24(26,27)14-31/h3-7,9,12,15H,8,10-11,13-14H2,1-2H3,(H,29,34). The summed E-state index contributed by atoms with van der Waals surface area (Å²) in [5, 5.41) is 7.39. The molecule has 4 heterocycles. The number of nitrogens with one attached hydrogen (secondary N) is 1. The fourth-order valence-electron chi connectivity index (χ4n) is 4.40. The van der Waals surface area contributed by atoms with Crippen LogP contribution in [-0.2, 0) is 13.1 Å². The van der Waals surface area contributed by atoms with Crippen LogP contribution >= 0.6 is 0 Å². The molecule has 2 aliphatic heterocycles. The van der Waals surface area contributed by atoms with Crippen LogP contribution in [0.5, 0.6) is 0 Å². The van der Waals surface area contributed by atoms with Crippen LogP contribution in [0.25, 0.3) is 11.1 Å². The number of anilines is 2. The minimum atomic E-state index is -2.85. The first-order valence-corrected chi connectivity index (χ1v) is 11.2. The molecule has 0 bridgehead atoms. The van der Waals surface area contributed by atoms with Gasteiger partial charge in [0.25, 0.3) is 5.92 Å². The number of hydrogen-bond donors (Lipinski definition) is 1. The normalized spacial score (nSPS) is 16.9. The van der Waals surface area contributed by atoms with Gasteiger partial charge in [-0.05, 0) is 26.0 Å². The van der Waals surface area contributed by atoms with Crippen LogP contribution < -0.4 is 10.2 Å². The molecule has 0 unspecified atom stereocenters. The zero-order chi connectivity index (χ0) is 24.0. The summed E-state index contributed by atoms with van der Waals surface area (Å²) in [6.07, 6.45) is 3.07. The minimum absolute atomic E-state index is 0.0854. The monoisotopic (exact) mass is 470 g/mol. The van der Waals surface area contributed by atoms with Gasteiger partial charge in [0.1, 0.15) is 5.82 Å². The average molecular weight is 470 g/mol. The Morgan fingerprint density at radius 3 is 2.62 bits per heavy atom. The summed E-state index contributed by atoms with van der Waals surface area (Å²) in [6.45, 7) is 4.34. The van der Waals surface area contributed by atoms with Gasteiger partial charge in [-0.2, -0.15) is 5.10 Å². The first-order valence-electron chi connectivity index (χ1n) is 11.2. The second-order valence-electron chi connectivity index (χ2n) is 9.03. The maximum atomic E-state index is 14.7. The molecule has 0 aliphatic carbocycles. The van der Waals surface area contributed by atoms with Crippen molar-refractivity contribution in [2.75, 3.05) is 23.3 Å². The number of halogens is 3. The van der Waals surface area contributed by atoms with Gasteiger partial charge in [0.2, 0.25) is 0 Å². The number of benzene rings is 1. The summed E-state index contributed by atoms with van der Waals surface area (Å²) in [7, 11) is 0. The number of carbonyl (C=O) groups excluding carboxylic acids is 1. The number of amides is 2. The Balaban J connectivity index is 1.47. The highest BCUT2D eigenvalue weighted by Crippen LogP contribution is 2.40. The van der Waals surface area contributed by atoms with E-state index in [2.05, 4.69) is 15.4 Å². The number of nitrogens with zero attached hydrogens (tertiary/aromatic N) is 5. The van der Waals surface area contributed by atoms with Crippen molar-refractivity contribution in [2.24, 2.45) is 0 Å². The van der Waals surface area contributed by atoms with E-state index >= 15 is 0 Å². The van der Waals surface area contributed by atoms with Gasteiger partial charge >= 0.3 is 6.03 Å². The fraction of sp³-hybridized carbons (Fsp3) is 0.375. The molecule has 1 N–H and O–H groups in total. The fourth-order valence-corrected chi connectivity index (χ4v) is 4.40. The van der Waals surface area contributed by atoms with Gasteiger partial charge in [-0.1, -0.05) is 18.2 Å². The zero-order valence-electron chi connectivity index (χ0n) is 18.9. The van der Waals surface area contributed by atoms with Crippen LogP contribution in [-0.4, -0.2) is 44.7 Å². The summed E-state index contributed by atoms with van der Waals surface area (Å²) in [6, 6.07) is 7.52. The molecule has 1 aromatic carbocycles. The van der Waals surface area contributed by atoms with Crippen molar-refractivity contribution in [1.82, 2.24) is 19.7 Å². The second kappa shape index (κ2) is 8.34. The van der Waals surface area contributed by atoms with Crippen LogP contribution in [0.1, 0.15) is 37.6 Å². The number of alkyl halides is 2. The van der Waals surface area contributed by atoms with Gasteiger partial charge in [0.15, 0.2) is 5.82 Å². The molecule has 2 aliphatic rings. The van der Waals surface area contributed by atoms with Gasteiger partial charge in [-0.25, -0.2) is 22.9 Å². The van der Waals surface area contributed by atoms with Gasteiger partial charge in [0, 0.05) is 48.1 Å². The Bertz CT molecular complexity index is 1220. The number of aromatic nitrogens is 3. The molecule has 2 aromatic heterocycles. The van der Waals surface area contributed by atoms with E-state index < -0.39 is 24.3 Å². The Morgan fingerprint density at radius 1 is 1.15 bits per heavy atom. The van der Waals surface area contributed by atoms with Crippen LogP contribution in [0.3, 0.4) is 0 Å². The molecule has 0 saturated carbocycles. The average Bonchev–Trinajstić information content (AvgIpc) is 3.47. The van der Waals surface area contributed by atoms with Crippen LogP contribution in [0, 0.1) is 5.82 Å². The Kier molecular flexibility index (Phi) is 5.45. The smallest absolute Gasteiger partial charge is 0.322 e. The first-order chi connectivity index (χ1) is 16.2. The van der Waals surface area contributed by atoms with E-state index in [-0.39, 0.29) is 36.1 Å². The van der Waals surface area contributed by atoms with Crippen molar-refractivity contribution in [2.45, 2.75) is 45.3 Å². The molecule has 5 rings (SSSR count). The second-order valence-corrected chi connectivity index (χ2v) is 9.03. The molecular weight excluding hydrogens is 445 g/mol. The molecule has 34 heavy (non-hydrogen) atoms. The molecule has 2 amide bonds. The van der Waals surface area contributed by atoms with Crippen LogP contribution in [0.2, 0.25) is 0 Å². The molecule has 1 saturated heterocycles. The first kappa shape index (κ1) is 22.2. The van der Waals surface area contributed by atoms with Gasteiger partial charge in [-0.15, -0.1) is 0 Å². The Morgan fingerprint density at radius 2 is 1.94 bits per heavy atom. The van der Waals surface area contributed by atoms with E-state index in [1.165, 1.54) is 17.2 Å². The summed E-state index contributed by atoms with van der Waals surface area (Å²) in [5.74, 6) is -3.13. The summed E-state index contributed by atoms with van der Waals surface area (Å²) in [5.41, 5.74) is 2.64. The molecule has 0 atom stereocenters. The third kappa shape index (κ3) is 4.08. The highest BCUT2D eigenvalue weighted by Gasteiger charge is 2.40. The molecule has 3 aromatic rings. The predicted octanol–water partition coefficient (Wildman–Crippen LogP) is 5.06. The Hall–Kier alpha value is -3.56. The molecule has 7 nitrogen and oxygen atoms in total. The number of rotatable bonds is 4. The maximum Gasteiger partial charge on any atom is 0.322 e. The molecule has 0 spiro atoms. The number of carbonyl (C=O) groups is 1. The van der Waals surface area contributed by atoms with Crippen molar-refractivity contribution in [1.29, 1.82) is 0 Å². The lowest BCUT2D eigenvalue weighted by Gasteiger charge is -2.25.